The number of carbonyl (C=O) groups is 1. The molecule has 0 atom stereocenters. The fourth-order valence-electron chi connectivity index (χ4n) is 1.76. The van der Waals surface area contributed by atoms with Crippen LogP contribution in [0.3, 0.4) is 0 Å². The van der Waals surface area contributed by atoms with Gasteiger partial charge in [0, 0.05) is 11.5 Å². The molecule has 0 fully saturated rings. The van der Waals surface area contributed by atoms with E-state index in [0.717, 1.165) is 11.5 Å². The number of ketones is 1. The normalized spacial score (nSPS) is 10.4. The summed E-state index contributed by atoms with van der Waals surface area (Å²) in [4.78, 5) is 11.8. The molecule has 0 amide bonds. The first-order valence-corrected chi connectivity index (χ1v) is 8.90. The Morgan fingerprint density at radius 3 is 1.50 bits per heavy atom. The minimum absolute atomic E-state index is 0.326. The van der Waals surface area contributed by atoms with Crippen molar-refractivity contribution in [3.8, 4) is 0 Å². The van der Waals surface area contributed by atoms with Crippen molar-refractivity contribution >= 4 is 29.3 Å². The summed E-state index contributed by atoms with van der Waals surface area (Å²) in [5, 5.41) is 0. The van der Waals surface area contributed by atoms with Gasteiger partial charge in [0.1, 0.15) is 0 Å². The minimum Gasteiger partial charge on any atom is -0.298 e. The lowest BCUT2D eigenvalue weighted by Gasteiger charge is -2.03. The van der Waals surface area contributed by atoms with Gasteiger partial charge in [-0.1, -0.05) is 60.7 Å². The number of hydrogen-bond acceptors (Lipinski definition) is 3. The monoisotopic (exact) mass is 302 g/mol. The van der Waals surface area contributed by atoms with Gasteiger partial charge in [-0.2, -0.15) is 0 Å². The summed E-state index contributed by atoms with van der Waals surface area (Å²) in [6.45, 7) is 0. The first-order valence-electron chi connectivity index (χ1n) is 6.59. The van der Waals surface area contributed by atoms with Crippen LogP contribution in [0.15, 0.2) is 60.7 Å². The van der Waals surface area contributed by atoms with Crippen LogP contribution < -0.4 is 0 Å². The summed E-state index contributed by atoms with van der Waals surface area (Å²) in [5.74, 6) is 3.37. The topological polar surface area (TPSA) is 17.1 Å². The van der Waals surface area contributed by atoms with Crippen molar-refractivity contribution in [2.45, 2.75) is 11.5 Å². The zero-order valence-electron chi connectivity index (χ0n) is 11.3. The van der Waals surface area contributed by atoms with Crippen LogP contribution >= 0.6 is 23.5 Å². The largest absolute Gasteiger partial charge is 0.298 e. The molecule has 0 heterocycles. The van der Waals surface area contributed by atoms with Gasteiger partial charge in [0.15, 0.2) is 5.78 Å². The zero-order valence-corrected chi connectivity index (χ0v) is 13.0. The van der Waals surface area contributed by atoms with Crippen LogP contribution in [0.2, 0.25) is 0 Å². The lowest BCUT2D eigenvalue weighted by atomic mass is 10.2. The van der Waals surface area contributed by atoms with E-state index in [1.165, 1.54) is 11.1 Å². The smallest absolute Gasteiger partial charge is 0.152 e. The van der Waals surface area contributed by atoms with Crippen LogP contribution in [0.1, 0.15) is 11.1 Å². The van der Waals surface area contributed by atoms with Crippen molar-refractivity contribution in [1.82, 2.24) is 0 Å². The molecule has 0 aliphatic carbocycles. The lowest BCUT2D eigenvalue weighted by molar-refractivity contribution is -0.114. The number of hydrogen-bond donors (Lipinski definition) is 0. The molecule has 0 saturated heterocycles. The van der Waals surface area contributed by atoms with Crippen molar-refractivity contribution in [2.24, 2.45) is 0 Å². The average molecular weight is 302 g/mol. The number of benzene rings is 2. The number of rotatable bonds is 8. The van der Waals surface area contributed by atoms with E-state index in [4.69, 9.17) is 0 Å². The van der Waals surface area contributed by atoms with Gasteiger partial charge in [-0.3, -0.25) is 4.79 Å². The molecule has 0 aromatic heterocycles. The fourth-order valence-corrected chi connectivity index (χ4v) is 3.60. The Labute approximate surface area is 129 Å². The number of carbonyl (C=O) groups excluding carboxylic acids is 1. The van der Waals surface area contributed by atoms with E-state index >= 15 is 0 Å². The van der Waals surface area contributed by atoms with E-state index in [1.54, 1.807) is 23.5 Å². The molecule has 0 aliphatic heterocycles. The van der Waals surface area contributed by atoms with Gasteiger partial charge in [-0.25, -0.2) is 0 Å². The number of thioether (sulfide) groups is 2. The third-order valence-corrected chi connectivity index (χ3v) is 4.88. The Bertz CT molecular complexity index is 464. The molecule has 2 rings (SSSR count). The summed E-state index contributed by atoms with van der Waals surface area (Å²) in [6.07, 6.45) is 0. The van der Waals surface area contributed by atoms with Gasteiger partial charge in [-0.15, -0.1) is 23.5 Å². The molecule has 0 saturated carbocycles. The Balaban J connectivity index is 1.59. The molecule has 104 valence electrons. The van der Waals surface area contributed by atoms with Gasteiger partial charge in [0.25, 0.3) is 0 Å². The van der Waals surface area contributed by atoms with E-state index < -0.39 is 0 Å². The molecule has 0 aliphatic rings. The molecule has 1 nitrogen and oxygen atoms in total. The van der Waals surface area contributed by atoms with Gasteiger partial charge in [-0.05, 0) is 11.1 Å². The van der Waals surface area contributed by atoms with Crippen LogP contribution in [-0.2, 0) is 16.3 Å². The van der Waals surface area contributed by atoms with Crippen LogP contribution in [0, 0.1) is 0 Å². The summed E-state index contributed by atoms with van der Waals surface area (Å²) >= 11 is 3.40. The predicted octanol–water partition coefficient (Wildman–Crippen LogP) is 4.42. The third kappa shape index (κ3) is 5.85. The van der Waals surface area contributed by atoms with Crippen LogP contribution in [0.4, 0.5) is 0 Å². The molecule has 2 aromatic rings. The van der Waals surface area contributed by atoms with E-state index in [0.29, 0.717) is 17.3 Å². The maximum atomic E-state index is 11.8. The summed E-state index contributed by atoms with van der Waals surface area (Å²) in [5.41, 5.74) is 2.56. The maximum Gasteiger partial charge on any atom is 0.152 e. The highest BCUT2D eigenvalue weighted by atomic mass is 32.2. The van der Waals surface area contributed by atoms with Crippen molar-refractivity contribution in [1.29, 1.82) is 0 Å². The second-order valence-corrected chi connectivity index (χ2v) is 6.47. The molecule has 3 heteroatoms. The molecule has 0 unspecified atom stereocenters. The molecule has 0 radical (unpaired) electrons. The van der Waals surface area contributed by atoms with Crippen molar-refractivity contribution < 1.29 is 4.79 Å². The van der Waals surface area contributed by atoms with Gasteiger partial charge in [0.2, 0.25) is 0 Å². The Kier molecular flexibility index (Phi) is 6.75. The highest BCUT2D eigenvalue weighted by Crippen LogP contribution is 2.15. The molecule has 0 N–H and O–H groups in total. The van der Waals surface area contributed by atoms with Gasteiger partial charge in [0.05, 0.1) is 11.5 Å². The van der Waals surface area contributed by atoms with E-state index in [-0.39, 0.29) is 0 Å². The second-order valence-electron chi connectivity index (χ2n) is 4.50. The number of Topliss-reactive ketones (excluding diaryl/α,β-unsaturated/α-hetero) is 1. The minimum atomic E-state index is 0.326. The highest BCUT2D eigenvalue weighted by Gasteiger charge is 2.03. The summed E-state index contributed by atoms with van der Waals surface area (Å²) in [6, 6.07) is 20.6. The van der Waals surface area contributed by atoms with Gasteiger partial charge < -0.3 is 0 Å². The first kappa shape index (κ1) is 15.2. The third-order valence-electron chi connectivity index (χ3n) is 2.75. The zero-order chi connectivity index (χ0) is 14.0. The van der Waals surface area contributed by atoms with Crippen molar-refractivity contribution in [3.63, 3.8) is 0 Å². The molecule has 20 heavy (non-hydrogen) atoms. The van der Waals surface area contributed by atoms with Crippen molar-refractivity contribution in [3.05, 3.63) is 71.8 Å². The highest BCUT2D eigenvalue weighted by molar-refractivity contribution is 8.00. The maximum absolute atomic E-state index is 11.8. The van der Waals surface area contributed by atoms with Crippen LogP contribution in [-0.4, -0.2) is 17.3 Å². The summed E-state index contributed by atoms with van der Waals surface area (Å²) < 4.78 is 0. The van der Waals surface area contributed by atoms with Crippen LogP contribution in [0.5, 0.6) is 0 Å². The van der Waals surface area contributed by atoms with Crippen molar-refractivity contribution in [2.75, 3.05) is 11.5 Å². The predicted molar refractivity (Wildman–Crippen MR) is 90.2 cm³/mol. The summed E-state index contributed by atoms with van der Waals surface area (Å²) in [7, 11) is 0. The van der Waals surface area contributed by atoms with E-state index in [1.807, 2.05) is 36.4 Å². The molecule has 0 bridgehead atoms. The Morgan fingerprint density at radius 1 is 0.700 bits per heavy atom. The fraction of sp³-hybridized carbons (Fsp3) is 0.235. The molecular formula is C17H18OS2. The molecule has 2 aromatic carbocycles. The quantitative estimate of drug-likeness (QED) is 0.718. The standard InChI is InChI=1S/C17H18OS2/c18-17(13-19-11-15-7-3-1-4-8-15)14-20-12-16-9-5-2-6-10-16/h1-10H,11-14H2. The Hall–Kier alpha value is -1.19. The first-order chi connectivity index (χ1) is 9.84. The molecular weight excluding hydrogens is 284 g/mol. The SMILES string of the molecule is O=C(CSCc1ccccc1)CSCc1ccccc1. The second kappa shape index (κ2) is 8.88. The molecule has 0 spiro atoms. The van der Waals surface area contributed by atoms with Gasteiger partial charge >= 0.3 is 0 Å². The average Bonchev–Trinajstić information content (AvgIpc) is 2.49. The lowest BCUT2D eigenvalue weighted by Crippen LogP contribution is -2.05. The van der Waals surface area contributed by atoms with Crippen LogP contribution in [0.25, 0.3) is 0 Å². The van der Waals surface area contributed by atoms with E-state index in [2.05, 4.69) is 24.3 Å². The van der Waals surface area contributed by atoms with E-state index in [9.17, 15) is 4.79 Å². The Morgan fingerprint density at radius 2 is 1.10 bits per heavy atom.